The number of thioether (sulfide) groups is 1. The van der Waals surface area contributed by atoms with Crippen molar-refractivity contribution in [2.24, 2.45) is 0 Å². The molecule has 0 aliphatic rings. The topological polar surface area (TPSA) is 59.2 Å². The number of thiazole rings is 1. The maximum Gasteiger partial charge on any atom is 0.233 e. The van der Waals surface area contributed by atoms with E-state index in [9.17, 15) is 4.79 Å². The van der Waals surface area contributed by atoms with Crippen molar-refractivity contribution in [3.8, 4) is 0 Å². The third-order valence-corrected chi connectivity index (χ3v) is 5.41. The molecule has 1 aromatic heterocycles. The second-order valence-electron chi connectivity index (χ2n) is 4.15. The lowest BCUT2D eigenvalue weighted by Gasteiger charge is -2.17. The lowest BCUT2D eigenvalue weighted by Crippen LogP contribution is -2.27. The average molecular weight is 372 g/mol. The molecule has 0 aliphatic heterocycles. The van der Waals surface area contributed by atoms with Crippen LogP contribution in [0.4, 0.5) is 5.13 Å². The Morgan fingerprint density at radius 1 is 1.50 bits per heavy atom. The molecule has 0 saturated heterocycles. The van der Waals surface area contributed by atoms with Gasteiger partial charge in [-0.3, -0.25) is 4.79 Å². The van der Waals surface area contributed by atoms with Gasteiger partial charge in [-0.2, -0.15) is 0 Å². The highest BCUT2D eigenvalue weighted by atomic mass is 79.9. The van der Waals surface area contributed by atoms with Gasteiger partial charge in [0.2, 0.25) is 5.91 Å². The average Bonchev–Trinajstić information content (AvgIpc) is 2.84. The van der Waals surface area contributed by atoms with E-state index in [1.807, 2.05) is 31.3 Å². The fourth-order valence-corrected chi connectivity index (χ4v) is 3.66. The molecule has 0 unspecified atom stereocenters. The predicted octanol–water partition coefficient (Wildman–Crippen LogP) is 3.24. The first-order valence-electron chi connectivity index (χ1n) is 5.87. The number of halogens is 1. The maximum absolute atomic E-state index is 12.1. The number of nitrogens with zero attached hydrogens (tertiary/aromatic N) is 2. The van der Waals surface area contributed by atoms with E-state index < -0.39 is 0 Å². The van der Waals surface area contributed by atoms with Crippen molar-refractivity contribution in [3.05, 3.63) is 40.5 Å². The molecule has 0 atom stereocenters. The van der Waals surface area contributed by atoms with E-state index in [1.165, 1.54) is 23.1 Å². The summed E-state index contributed by atoms with van der Waals surface area (Å²) in [5.74, 6) is 0.473. The number of hydrogen-bond acceptors (Lipinski definition) is 5. The summed E-state index contributed by atoms with van der Waals surface area (Å²) in [5, 5.41) is 0.529. The first-order chi connectivity index (χ1) is 9.56. The molecule has 2 N–H and O–H groups in total. The number of carbonyl (C=O) groups excluding carboxylic acids is 1. The maximum atomic E-state index is 12.1. The molecule has 2 aromatic rings. The summed E-state index contributed by atoms with van der Waals surface area (Å²) in [6.45, 7) is 0.589. The van der Waals surface area contributed by atoms with Crippen LogP contribution < -0.4 is 5.73 Å². The van der Waals surface area contributed by atoms with Crippen LogP contribution in [0, 0.1) is 0 Å². The minimum absolute atomic E-state index is 0.0812. The van der Waals surface area contributed by atoms with Crippen LogP contribution >= 0.6 is 39.0 Å². The van der Waals surface area contributed by atoms with Gasteiger partial charge < -0.3 is 10.6 Å². The lowest BCUT2D eigenvalue weighted by atomic mass is 10.2. The van der Waals surface area contributed by atoms with Gasteiger partial charge in [0.15, 0.2) is 5.13 Å². The molecule has 1 heterocycles. The van der Waals surface area contributed by atoms with Crippen LogP contribution in [0.2, 0.25) is 0 Å². The van der Waals surface area contributed by atoms with Crippen LogP contribution in [0.25, 0.3) is 0 Å². The molecule has 0 bridgehead atoms. The van der Waals surface area contributed by atoms with Crippen molar-refractivity contribution < 1.29 is 4.79 Å². The number of anilines is 1. The number of carbonyl (C=O) groups is 1. The van der Waals surface area contributed by atoms with Crippen LogP contribution in [-0.4, -0.2) is 28.6 Å². The quantitative estimate of drug-likeness (QED) is 0.819. The Hall–Kier alpha value is -1.05. The van der Waals surface area contributed by atoms with E-state index in [0.717, 1.165) is 14.2 Å². The standard InChI is InChI=1S/C13H14BrN3OS2/c1-17(7-9-4-2-3-5-10(9)14)11(18)8-19-12-6-16-13(15)20-12/h2-6H,7-8H2,1H3,(H2,15,16). The number of benzene rings is 1. The highest BCUT2D eigenvalue weighted by Gasteiger charge is 2.12. The van der Waals surface area contributed by atoms with Gasteiger partial charge in [0.25, 0.3) is 0 Å². The van der Waals surface area contributed by atoms with Crippen LogP contribution in [0.5, 0.6) is 0 Å². The normalized spacial score (nSPS) is 10.5. The number of rotatable bonds is 5. The molecule has 0 radical (unpaired) electrons. The Bertz CT molecular complexity index is 603. The summed E-state index contributed by atoms with van der Waals surface area (Å²) in [4.78, 5) is 17.8. The van der Waals surface area contributed by atoms with Crippen molar-refractivity contribution in [3.63, 3.8) is 0 Å². The highest BCUT2D eigenvalue weighted by molar-refractivity contribution is 9.10. The van der Waals surface area contributed by atoms with Gasteiger partial charge >= 0.3 is 0 Å². The first-order valence-corrected chi connectivity index (χ1v) is 8.47. The highest BCUT2D eigenvalue weighted by Crippen LogP contribution is 2.26. The molecule has 106 valence electrons. The van der Waals surface area contributed by atoms with E-state index in [4.69, 9.17) is 5.73 Å². The molecular weight excluding hydrogens is 358 g/mol. The van der Waals surface area contributed by atoms with Gasteiger partial charge in [0.1, 0.15) is 0 Å². The van der Waals surface area contributed by atoms with Crippen LogP contribution in [0.15, 0.2) is 39.1 Å². The lowest BCUT2D eigenvalue weighted by molar-refractivity contribution is -0.127. The first kappa shape index (κ1) is 15.3. The fourth-order valence-electron chi connectivity index (χ4n) is 1.55. The summed E-state index contributed by atoms with van der Waals surface area (Å²) in [5.41, 5.74) is 6.65. The Morgan fingerprint density at radius 2 is 2.25 bits per heavy atom. The van der Waals surface area contributed by atoms with Crippen molar-refractivity contribution in [2.45, 2.75) is 10.8 Å². The monoisotopic (exact) mass is 371 g/mol. The van der Waals surface area contributed by atoms with Gasteiger partial charge in [-0.1, -0.05) is 45.5 Å². The minimum atomic E-state index is 0.0812. The van der Waals surface area contributed by atoms with Crippen LogP contribution in [0.3, 0.4) is 0 Å². The molecule has 7 heteroatoms. The molecule has 20 heavy (non-hydrogen) atoms. The zero-order valence-corrected chi connectivity index (χ0v) is 14.1. The second kappa shape index (κ2) is 7.10. The summed E-state index contributed by atoms with van der Waals surface area (Å²) in [6.07, 6.45) is 1.70. The number of aromatic nitrogens is 1. The van der Waals surface area contributed by atoms with Gasteiger partial charge in [0, 0.05) is 18.1 Å². The molecule has 0 fully saturated rings. The number of nitrogen functional groups attached to an aromatic ring is 1. The van der Waals surface area contributed by atoms with Crippen LogP contribution in [-0.2, 0) is 11.3 Å². The molecule has 0 spiro atoms. The Labute approximate surface area is 134 Å². The van der Waals surface area contributed by atoms with Gasteiger partial charge in [-0.25, -0.2) is 4.98 Å². The van der Waals surface area contributed by atoms with E-state index in [2.05, 4.69) is 20.9 Å². The van der Waals surface area contributed by atoms with E-state index in [1.54, 1.807) is 11.1 Å². The number of nitrogens with two attached hydrogens (primary N) is 1. The molecule has 2 rings (SSSR count). The van der Waals surface area contributed by atoms with Crippen molar-refractivity contribution in [1.82, 2.24) is 9.88 Å². The van der Waals surface area contributed by atoms with Gasteiger partial charge in [-0.15, -0.1) is 11.8 Å². The number of hydrogen-bond donors (Lipinski definition) is 1. The Morgan fingerprint density at radius 3 is 2.90 bits per heavy atom. The van der Waals surface area contributed by atoms with Gasteiger partial charge in [0.05, 0.1) is 16.2 Å². The summed E-state index contributed by atoms with van der Waals surface area (Å²) >= 11 is 6.35. The molecule has 1 aromatic carbocycles. The molecular formula is C13H14BrN3OS2. The smallest absolute Gasteiger partial charge is 0.233 e. The van der Waals surface area contributed by atoms with Crippen LogP contribution in [0.1, 0.15) is 5.56 Å². The van der Waals surface area contributed by atoms with Crippen molar-refractivity contribution in [2.75, 3.05) is 18.5 Å². The summed E-state index contributed by atoms with van der Waals surface area (Å²) < 4.78 is 1.98. The van der Waals surface area contributed by atoms with E-state index >= 15 is 0 Å². The minimum Gasteiger partial charge on any atom is -0.375 e. The Balaban J connectivity index is 1.87. The zero-order valence-electron chi connectivity index (χ0n) is 10.9. The molecule has 0 saturated carbocycles. The number of amides is 1. The summed E-state index contributed by atoms with van der Waals surface area (Å²) in [7, 11) is 1.81. The third kappa shape index (κ3) is 4.22. The fraction of sp³-hybridized carbons (Fsp3) is 0.231. The summed E-state index contributed by atoms with van der Waals surface area (Å²) in [6, 6.07) is 7.90. The zero-order chi connectivity index (χ0) is 14.5. The van der Waals surface area contributed by atoms with Crippen molar-refractivity contribution >= 4 is 50.1 Å². The molecule has 4 nitrogen and oxygen atoms in total. The third-order valence-electron chi connectivity index (χ3n) is 2.63. The largest absolute Gasteiger partial charge is 0.375 e. The predicted molar refractivity (Wildman–Crippen MR) is 87.9 cm³/mol. The SMILES string of the molecule is CN(Cc1ccccc1Br)C(=O)CSc1cnc(N)s1. The van der Waals surface area contributed by atoms with Gasteiger partial charge in [-0.05, 0) is 11.6 Å². The second-order valence-corrected chi connectivity index (χ2v) is 7.34. The molecule has 0 aliphatic carbocycles. The molecule has 1 amide bonds. The Kier molecular flexibility index (Phi) is 5.45. The van der Waals surface area contributed by atoms with E-state index in [0.29, 0.717) is 17.4 Å². The van der Waals surface area contributed by atoms with Crippen molar-refractivity contribution in [1.29, 1.82) is 0 Å². The van der Waals surface area contributed by atoms with E-state index in [-0.39, 0.29) is 5.91 Å².